The molecule has 0 unspecified atom stereocenters. The van der Waals surface area contributed by atoms with Gasteiger partial charge in [-0.3, -0.25) is 0 Å². The third-order valence-electron chi connectivity index (χ3n) is 2.81. The summed E-state index contributed by atoms with van der Waals surface area (Å²) in [5, 5.41) is 12.3. The molecule has 2 aromatic rings. The molecule has 0 aromatic heterocycles. The Hall–Kier alpha value is -1.99. The third kappa shape index (κ3) is 3.73. The fourth-order valence-corrected chi connectivity index (χ4v) is 2.15. The number of nitrogens with zero attached hydrogens (tertiary/aromatic N) is 1. The second-order valence-corrected chi connectivity index (χ2v) is 5.14. The van der Waals surface area contributed by atoms with Crippen LogP contribution < -0.4 is 11.1 Å². The van der Waals surface area contributed by atoms with Gasteiger partial charge in [-0.2, -0.15) is 5.26 Å². The molecule has 96 valence electrons. The number of nitriles is 1. The number of hydrogen-bond donors (Lipinski definition) is 2. The van der Waals surface area contributed by atoms with Gasteiger partial charge in [0.2, 0.25) is 0 Å². The zero-order valence-electron chi connectivity index (χ0n) is 10.4. The van der Waals surface area contributed by atoms with Gasteiger partial charge in [0.1, 0.15) is 6.07 Å². The topological polar surface area (TPSA) is 61.8 Å². The first kappa shape index (κ1) is 13.4. The van der Waals surface area contributed by atoms with Crippen molar-refractivity contribution in [2.45, 2.75) is 6.42 Å². The maximum absolute atomic E-state index is 9.04. The van der Waals surface area contributed by atoms with Gasteiger partial charge in [-0.05, 0) is 42.3 Å². The molecule has 0 bridgehead atoms. The van der Waals surface area contributed by atoms with Gasteiger partial charge in [0.25, 0.3) is 0 Å². The summed E-state index contributed by atoms with van der Waals surface area (Å²) < 4.78 is 0.960. The zero-order chi connectivity index (χ0) is 13.7. The Balaban J connectivity index is 1.98. The van der Waals surface area contributed by atoms with E-state index in [1.807, 2.05) is 36.4 Å². The molecular weight excluding hydrogens is 302 g/mol. The van der Waals surface area contributed by atoms with E-state index in [0.717, 1.165) is 28.8 Å². The van der Waals surface area contributed by atoms with Crippen LogP contribution in [0, 0.1) is 11.3 Å². The van der Waals surface area contributed by atoms with Gasteiger partial charge in [-0.15, -0.1) is 0 Å². The van der Waals surface area contributed by atoms with Gasteiger partial charge in [-0.1, -0.05) is 28.1 Å². The average Bonchev–Trinajstić information content (AvgIpc) is 2.41. The molecule has 2 rings (SSSR count). The monoisotopic (exact) mass is 315 g/mol. The van der Waals surface area contributed by atoms with Crippen LogP contribution in [0.5, 0.6) is 0 Å². The summed E-state index contributed by atoms with van der Waals surface area (Å²) in [5.74, 6) is 0. The highest BCUT2D eigenvalue weighted by molar-refractivity contribution is 9.10. The Kier molecular flexibility index (Phi) is 4.43. The molecule has 0 saturated carbocycles. The smallest absolute Gasteiger partial charge is 0.101 e. The number of benzene rings is 2. The maximum atomic E-state index is 9.04. The number of nitrogen functional groups attached to an aromatic ring is 1. The molecule has 0 aliphatic carbocycles. The Morgan fingerprint density at radius 2 is 1.89 bits per heavy atom. The molecule has 0 amide bonds. The highest BCUT2D eigenvalue weighted by atomic mass is 79.9. The summed E-state index contributed by atoms with van der Waals surface area (Å²) in [6.45, 7) is 0.773. The molecule has 0 fully saturated rings. The van der Waals surface area contributed by atoms with Crippen molar-refractivity contribution in [3.63, 3.8) is 0 Å². The van der Waals surface area contributed by atoms with Gasteiger partial charge in [-0.25, -0.2) is 0 Å². The molecule has 0 spiro atoms. The van der Waals surface area contributed by atoms with Gasteiger partial charge < -0.3 is 11.1 Å². The summed E-state index contributed by atoms with van der Waals surface area (Å²) in [6.07, 6.45) is 0.887. The van der Waals surface area contributed by atoms with Crippen molar-refractivity contribution in [3.05, 3.63) is 58.1 Å². The van der Waals surface area contributed by atoms with Crippen molar-refractivity contribution < 1.29 is 0 Å². The van der Waals surface area contributed by atoms with Crippen molar-refractivity contribution in [1.82, 2.24) is 0 Å². The van der Waals surface area contributed by atoms with E-state index in [1.165, 1.54) is 5.56 Å². The minimum atomic E-state index is 0.653. The van der Waals surface area contributed by atoms with Crippen molar-refractivity contribution in [1.29, 1.82) is 5.26 Å². The maximum Gasteiger partial charge on any atom is 0.101 e. The molecule has 0 saturated heterocycles. The molecule has 0 radical (unpaired) electrons. The molecule has 0 heterocycles. The van der Waals surface area contributed by atoms with Crippen LogP contribution in [0.1, 0.15) is 11.1 Å². The van der Waals surface area contributed by atoms with Crippen LogP contribution in [0.15, 0.2) is 46.9 Å². The molecule has 0 atom stereocenters. The van der Waals surface area contributed by atoms with Gasteiger partial charge in [0, 0.05) is 16.7 Å². The lowest BCUT2D eigenvalue weighted by atomic mass is 10.1. The van der Waals surface area contributed by atoms with Crippen LogP contribution in [-0.4, -0.2) is 6.54 Å². The minimum Gasteiger partial charge on any atom is -0.399 e. The summed E-state index contributed by atoms with van der Waals surface area (Å²) >= 11 is 3.41. The fraction of sp³-hybridized carbons (Fsp3) is 0.133. The minimum absolute atomic E-state index is 0.653. The summed E-state index contributed by atoms with van der Waals surface area (Å²) in [7, 11) is 0. The van der Waals surface area contributed by atoms with E-state index in [1.54, 1.807) is 6.07 Å². The lowest BCUT2D eigenvalue weighted by Crippen LogP contribution is -2.06. The lowest BCUT2D eigenvalue weighted by molar-refractivity contribution is 1.02. The number of halogens is 1. The molecule has 3 N–H and O–H groups in total. The third-order valence-corrected chi connectivity index (χ3v) is 3.30. The van der Waals surface area contributed by atoms with Gasteiger partial charge in [0.15, 0.2) is 0 Å². The first-order valence-electron chi connectivity index (χ1n) is 5.97. The predicted octanol–water partition coefficient (Wildman–Crippen LogP) is 3.56. The van der Waals surface area contributed by atoms with Crippen LogP contribution >= 0.6 is 15.9 Å². The van der Waals surface area contributed by atoms with Crippen LogP contribution in [0.2, 0.25) is 0 Å². The van der Waals surface area contributed by atoms with Crippen molar-refractivity contribution in [2.24, 2.45) is 0 Å². The van der Waals surface area contributed by atoms with E-state index in [2.05, 4.69) is 27.3 Å². The van der Waals surface area contributed by atoms with Gasteiger partial charge >= 0.3 is 0 Å². The van der Waals surface area contributed by atoms with Crippen LogP contribution in [0.4, 0.5) is 11.4 Å². The number of rotatable bonds is 4. The molecule has 0 aliphatic rings. The normalized spacial score (nSPS) is 9.89. The highest BCUT2D eigenvalue weighted by Gasteiger charge is 2.02. The van der Waals surface area contributed by atoms with Crippen molar-refractivity contribution >= 4 is 27.3 Å². The highest BCUT2D eigenvalue weighted by Crippen LogP contribution is 2.20. The molecule has 0 aliphatic heterocycles. The molecule has 4 heteroatoms. The van der Waals surface area contributed by atoms with Crippen LogP contribution in [-0.2, 0) is 6.42 Å². The predicted molar refractivity (Wildman–Crippen MR) is 81.9 cm³/mol. The number of hydrogen-bond acceptors (Lipinski definition) is 3. The first-order valence-corrected chi connectivity index (χ1v) is 6.76. The zero-order valence-corrected chi connectivity index (χ0v) is 11.9. The number of nitrogens with two attached hydrogens (primary N) is 1. The summed E-state index contributed by atoms with van der Waals surface area (Å²) in [6, 6.07) is 15.6. The van der Waals surface area contributed by atoms with Crippen molar-refractivity contribution in [3.8, 4) is 6.07 Å². The molecule has 2 aromatic carbocycles. The number of nitrogens with one attached hydrogen (secondary N) is 1. The van der Waals surface area contributed by atoms with Crippen LogP contribution in [0.3, 0.4) is 0 Å². The summed E-state index contributed by atoms with van der Waals surface area (Å²) in [5.41, 5.74) is 9.14. The number of anilines is 2. The standard InChI is InChI=1S/C15H14BrN3/c16-13-4-3-12(10-17)15(9-13)19-8-7-11-1-5-14(18)6-2-11/h1-6,9,19H,7-8,18H2. The Labute approximate surface area is 121 Å². The Bertz CT molecular complexity index is 600. The van der Waals surface area contributed by atoms with Crippen molar-refractivity contribution in [2.75, 3.05) is 17.6 Å². The van der Waals surface area contributed by atoms with E-state index < -0.39 is 0 Å². The van der Waals surface area contributed by atoms with E-state index in [9.17, 15) is 0 Å². The van der Waals surface area contributed by atoms with E-state index in [4.69, 9.17) is 11.0 Å². The SMILES string of the molecule is N#Cc1ccc(Br)cc1NCCc1ccc(N)cc1. The van der Waals surface area contributed by atoms with E-state index >= 15 is 0 Å². The largest absolute Gasteiger partial charge is 0.399 e. The quantitative estimate of drug-likeness (QED) is 0.848. The second kappa shape index (κ2) is 6.26. The molecule has 19 heavy (non-hydrogen) atoms. The van der Waals surface area contributed by atoms with E-state index in [0.29, 0.717) is 5.56 Å². The summed E-state index contributed by atoms with van der Waals surface area (Å²) in [4.78, 5) is 0. The van der Waals surface area contributed by atoms with Gasteiger partial charge in [0.05, 0.1) is 11.3 Å². The average molecular weight is 316 g/mol. The second-order valence-electron chi connectivity index (χ2n) is 4.22. The fourth-order valence-electron chi connectivity index (χ4n) is 1.79. The Morgan fingerprint density at radius 1 is 1.16 bits per heavy atom. The van der Waals surface area contributed by atoms with Crippen LogP contribution in [0.25, 0.3) is 0 Å². The first-order chi connectivity index (χ1) is 9.19. The Morgan fingerprint density at radius 3 is 2.58 bits per heavy atom. The lowest BCUT2D eigenvalue weighted by Gasteiger charge is -2.09. The van der Waals surface area contributed by atoms with E-state index in [-0.39, 0.29) is 0 Å². The molecule has 3 nitrogen and oxygen atoms in total. The molecular formula is C15H14BrN3.